The van der Waals surface area contributed by atoms with E-state index in [-0.39, 0.29) is 17.5 Å². The predicted octanol–water partition coefficient (Wildman–Crippen LogP) is 4.54. The maximum Gasteiger partial charge on any atom is 0.418 e. The quantitative estimate of drug-likeness (QED) is 0.399. The summed E-state index contributed by atoms with van der Waals surface area (Å²) in [5, 5.41) is 19.3. The first kappa shape index (κ1) is 23.9. The van der Waals surface area contributed by atoms with E-state index in [1.165, 1.54) is 18.3 Å². The lowest BCUT2D eigenvalue weighted by Crippen LogP contribution is -2.26. The molecule has 10 nitrogen and oxygen atoms in total. The Hall–Kier alpha value is -4.78. The van der Waals surface area contributed by atoms with Gasteiger partial charge in [0, 0.05) is 38.8 Å². The molecule has 186 valence electrons. The molecule has 0 spiro atoms. The minimum absolute atomic E-state index is 0.0462. The summed E-state index contributed by atoms with van der Waals surface area (Å²) in [5.41, 5.74) is 4.40. The Bertz CT molecular complexity index is 1550. The van der Waals surface area contributed by atoms with E-state index in [1.54, 1.807) is 31.4 Å². The molecule has 0 bridgehead atoms. The number of anilines is 2. The summed E-state index contributed by atoms with van der Waals surface area (Å²) >= 11 is 0. The number of carboxylic acid groups (broad SMARTS) is 1. The maximum atomic E-state index is 12.3. The molecule has 0 unspecified atom stereocenters. The summed E-state index contributed by atoms with van der Waals surface area (Å²) in [7, 11) is 3.47. The molecule has 0 atom stereocenters. The molecule has 0 radical (unpaired) electrons. The second-order valence-corrected chi connectivity index (χ2v) is 9.23. The number of rotatable bonds is 7. The van der Waals surface area contributed by atoms with Crippen LogP contribution in [0.15, 0.2) is 55.0 Å². The van der Waals surface area contributed by atoms with Crippen LogP contribution in [0.1, 0.15) is 36.3 Å². The molecule has 1 aromatic carbocycles. The molecular weight excluding hydrogens is 470 g/mol. The van der Waals surface area contributed by atoms with Crippen molar-refractivity contribution < 1.29 is 14.7 Å². The molecule has 3 aromatic heterocycles. The lowest BCUT2D eigenvalue weighted by atomic mass is 10.1. The van der Waals surface area contributed by atoms with Crippen molar-refractivity contribution >= 4 is 34.7 Å². The SMILES string of the molecule is CN(C)C(=O)CCn1cnc2cc(-c3cc(C4CC4)cc(N(C(=O)O)c4cc(C#N)ccn4)n3)ccc21. The molecule has 1 N–H and O–H groups in total. The van der Waals surface area contributed by atoms with E-state index >= 15 is 0 Å². The third kappa shape index (κ3) is 4.97. The van der Waals surface area contributed by atoms with Gasteiger partial charge in [-0.15, -0.1) is 0 Å². The number of amides is 2. The van der Waals surface area contributed by atoms with Gasteiger partial charge in [0.1, 0.15) is 11.6 Å². The van der Waals surface area contributed by atoms with Crippen LogP contribution in [0.2, 0.25) is 0 Å². The highest BCUT2D eigenvalue weighted by atomic mass is 16.4. The van der Waals surface area contributed by atoms with Crippen LogP contribution >= 0.6 is 0 Å². The normalized spacial score (nSPS) is 12.8. The van der Waals surface area contributed by atoms with Crippen molar-refractivity contribution in [2.75, 3.05) is 19.0 Å². The van der Waals surface area contributed by atoms with Gasteiger partial charge in [0.05, 0.1) is 34.7 Å². The van der Waals surface area contributed by atoms with E-state index in [0.717, 1.165) is 39.9 Å². The molecule has 10 heteroatoms. The number of benzene rings is 1. The van der Waals surface area contributed by atoms with Gasteiger partial charge in [-0.1, -0.05) is 6.07 Å². The number of nitrogens with zero attached hydrogens (tertiary/aromatic N) is 7. The lowest BCUT2D eigenvalue weighted by Gasteiger charge is -2.19. The number of hydrogen-bond donors (Lipinski definition) is 1. The molecule has 2 amide bonds. The van der Waals surface area contributed by atoms with Crippen molar-refractivity contribution in [3.05, 3.63) is 66.1 Å². The van der Waals surface area contributed by atoms with Crippen molar-refractivity contribution in [2.45, 2.75) is 31.7 Å². The Morgan fingerprint density at radius 1 is 1.11 bits per heavy atom. The fraction of sp³-hybridized carbons (Fsp3) is 0.259. The van der Waals surface area contributed by atoms with Crippen LogP contribution in [-0.2, 0) is 11.3 Å². The third-order valence-electron chi connectivity index (χ3n) is 6.39. The number of carbonyl (C=O) groups excluding carboxylic acids is 1. The van der Waals surface area contributed by atoms with Gasteiger partial charge in [0.25, 0.3) is 0 Å². The highest BCUT2D eigenvalue weighted by Gasteiger charge is 2.28. The minimum atomic E-state index is -1.24. The van der Waals surface area contributed by atoms with Crippen LogP contribution in [-0.4, -0.2) is 55.6 Å². The molecule has 4 aromatic rings. The minimum Gasteiger partial charge on any atom is -0.464 e. The molecule has 0 saturated heterocycles. The fourth-order valence-corrected chi connectivity index (χ4v) is 4.22. The fourth-order valence-electron chi connectivity index (χ4n) is 4.22. The number of pyridine rings is 2. The molecule has 3 heterocycles. The van der Waals surface area contributed by atoms with Crippen LogP contribution in [0.3, 0.4) is 0 Å². The Morgan fingerprint density at radius 3 is 2.62 bits per heavy atom. The second kappa shape index (κ2) is 9.70. The summed E-state index contributed by atoms with van der Waals surface area (Å²) in [6, 6.07) is 14.5. The molecule has 0 aliphatic heterocycles. The van der Waals surface area contributed by atoms with Crippen LogP contribution in [0, 0.1) is 11.3 Å². The Labute approximate surface area is 213 Å². The number of nitriles is 1. The summed E-state index contributed by atoms with van der Waals surface area (Å²) in [6.45, 7) is 0.523. The Balaban J connectivity index is 1.53. The first-order chi connectivity index (χ1) is 17.8. The van der Waals surface area contributed by atoms with Crippen molar-refractivity contribution in [1.29, 1.82) is 5.26 Å². The van der Waals surface area contributed by atoms with Gasteiger partial charge in [-0.3, -0.25) is 4.79 Å². The zero-order valence-corrected chi connectivity index (χ0v) is 20.5. The topological polar surface area (TPSA) is 128 Å². The van der Waals surface area contributed by atoms with E-state index in [1.807, 2.05) is 34.9 Å². The van der Waals surface area contributed by atoms with Gasteiger partial charge >= 0.3 is 6.09 Å². The number of imidazole rings is 1. The summed E-state index contributed by atoms with van der Waals surface area (Å²) in [4.78, 5) is 40.3. The van der Waals surface area contributed by atoms with E-state index in [2.05, 4.69) is 9.97 Å². The van der Waals surface area contributed by atoms with Gasteiger partial charge in [0.15, 0.2) is 0 Å². The summed E-state index contributed by atoms with van der Waals surface area (Å²) < 4.78 is 1.94. The largest absolute Gasteiger partial charge is 0.464 e. The molecule has 1 aliphatic rings. The van der Waals surface area contributed by atoms with Crippen LogP contribution in [0.25, 0.3) is 22.3 Å². The van der Waals surface area contributed by atoms with Gasteiger partial charge in [-0.05, 0) is 60.7 Å². The highest BCUT2D eigenvalue weighted by molar-refractivity contribution is 5.93. The van der Waals surface area contributed by atoms with E-state index in [4.69, 9.17) is 4.98 Å². The van der Waals surface area contributed by atoms with Gasteiger partial charge in [0.2, 0.25) is 5.91 Å². The van der Waals surface area contributed by atoms with Crippen molar-refractivity contribution in [1.82, 2.24) is 24.4 Å². The zero-order chi connectivity index (χ0) is 26.1. The first-order valence-corrected chi connectivity index (χ1v) is 11.9. The maximum absolute atomic E-state index is 12.3. The van der Waals surface area contributed by atoms with Gasteiger partial charge in [-0.25, -0.2) is 24.6 Å². The third-order valence-corrected chi connectivity index (χ3v) is 6.39. The van der Waals surface area contributed by atoms with Crippen LogP contribution in [0.4, 0.5) is 16.4 Å². The van der Waals surface area contributed by atoms with Crippen molar-refractivity contribution in [3.63, 3.8) is 0 Å². The summed E-state index contributed by atoms with van der Waals surface area (Å²) in [5.74, 6) is 0.735. The van der Waals surface area contributed by atoms with Gasteiger partial charge in [-0.2, -0.15) is 5.26 Å². The molecule has 1 saturated carbocycles. The molecule has 5 rings (SSSR count). The molecule has 1 aliphatic carbocycles. The van der Waals surface area contributed by atoms with Crippen molar-refractivity contribution in [3.8, 4) is 17.3 Å². The van der Waals surface area contributed by atoms with Crippen molar-refractivity contribution in [2.24, 2.45) is 0 Å². The smallest absolute Gasteiger partial charge is 0.418 e. The molecule has 1 fully saturated rings. The average Bonchev–Trinajstić information content (AvgIpc) is 3.67. The Kier molecular flexibility index (Phi) is 6.27. The van der Waals surface area contributed by atoms with E-state index < -0.39 is 6.09 Å². The van der Waals surface area contributed by atoms with Gasteiger partial charge < -0.3 is 14.6 Å². The van der Waals surface area contributed by atoms with E-state index in [0.29, 0.717) is 30.1 Å². The first-order valence-electron chi connectivity index (χ1n) is 11.9. The molecular formula is C27H25N7O3. The zero-order valence-electron chi connectivity index (χ0n) is 20.5. The summed E-state index contributed by atoms with van der Waals surface area (Å²) in [6.07, 6.45) is 4.33. The lowest BCUT2D eigenvalue weighted by molar-refractivity contribution is -0.128. The predicted molar refractivity (Wildman–Crippen MR) is 137 cm³/mol. The standard InChI is InChI=1S/C27H25N7O3/c1-32(2)26(35)8-10-33-16-30-22-12-19(5-6-23(22)33)21-13-20(18-3-4-18)14-25(31-21)34(27(36)37)24-11-17(15-28)7-9-29-24/h5-7,9,11-14,16,18H,3-4,8,10H2,1-2H3,(H,36,37). The molecule has 37 heavy (non-hydrogen) atoms. The number of aryl methyl sites for hydroxylation is 1. The number of aromatic nitrogens is 4. The number of carbonyl (C=O) groups is 2. The number of hydrogen-bond acceptors (Lipinski definition) is 6. The van der Waals surface area contributed by atoms with Crippen LogP contribution in [0.5, 0.6) is 0 Å². The van der Waals surface area contributed by atoms with Crippen LogP contribution < -0.4 is 4.90 Å². The highest BCUT2D eigenvalue weighted by Crippen LogP contribution is 2.42. The monoisotopic (exact) mass is 495 g/mol. The average molecular weight is 496 g/mol. The Morgan fingerprint density at radius 2 is 1.92 bits per heavy atom. The second-order valence-electron chi connectivity index (χ2n) is 9.23. The number of fused-ring (bicyclic) bond motifs is 1. The van der Waals surface area contributed by atoms with E-state index in [9.17, 15) is 20.0 Å².